The molecule has 1 N–H and O–H groups in total. The number of carbonyl (C=O) groups is 3. The van der Waals surface area contributed by atoms with Gasteiger partial charge in [0, 0.05) is 12.2 Å². The number of anilines is 1. The van der Waals surface area contributed by atoms with E-state index in [1.54, 1.807) is 31.2 Å². The van der Waals surface area contributed by atoms with Gasteiger partial charge in [-0.15, -0.1) is 0 Å². The predicted molar refractivity (Wildman–Crippen MR) is 92.2 cm³/mol. The molecule has 1 aromatic carbocycles. The van der Waals surface area contributed by atoms with Crippen LogP contribution in [0.25, 0.3) is 0 Å². The van der Waals surface area contributed by atoms with E-state index in [1.807, 2.05) is 4.90 Å². The predicted octanol–water partition coefficient (Wildman–Crippen LogP) is 1.69. The Kier molecular flexibility index (Phi) is 6.94. The third-order valence-corrected chi connectivity index (χ3v) is 4.08. The number of piperidine rings is 1. The number of methoxy groups -OCH3 is 1. The van der Waals surface area contributed by atoms with Gasteiger partial charge in [0.1, 0.15) is 0 Å². The molecule has 25 heavy (non-hydrogen) atoms. The first kappa shape index (κ1) is 18.9. The highest BCUT2D eigenvalue weighted by molar-refractivity contribution is 5.94. The van der Waals surface area contributed by atoms with E-state index in [4.69, 9.17) is 4.74 Å². The van der Waals surface area contributed by atoms with Gasteiger partial charge in [-0.3, -0.25) is 14.5 Å². The van der Waals surface area contributed by atoms with Crippen LogP contribution < -0.4 is 5.32 Å². The second-order valence-electron chi connectivity index (χ2n) is 5.94. The summed E-state index contributed by atoms with van der Waals surface area (Å²) in [6, 6.07) is 6.50. The number of hydrogen-bond acceptors (Lipinski definition) is 6. The van der Waals surface area contributed by atoms with Crippen LogP contribution in [0.15, 0.2) is 24.3 Å². The summed E-state index contributed by atoms with van der Waals surface area (Å²) in [6.45, 7) is 3.70. The summed E-state index contributed by atoms with van der Waals surface area (Å²) in [5, 5.41) is 2.79. The number of carbonyl (C=O) groups excluding carboxylic acids is 3. The van der Waals surface area contributed by atoms with Crippen LogP contribution in [0, 0.1) is 5.92 Å². The maximum atomic E-state index is 12.2. The van der Waals surface area contributed by atoms with Crippen LogP contribution >= 0.6 is 0 Å². The van der Waals surface area contributed by atoms with Crippen LogP contribution in [0.2, 0.25) is 0 Å². The van der Waals surface area contributed by atoms with Crippen LogP contribution in [0.1, 0.15) is 30.1 Å². The number of esters is 2. The summed E-state index contributed by atoms with van der Waals surface area (Å²) in [6.07, 6.45) is 1.66. The molecule has 1 saturated heterocycles. The molecule has 1 aromatic rings. The van der Waals surface area contributed by atoms with Crippen molar-refractivity contribution in [2.75, 3.05) is 38.7 Å². The molecule has 0 bridgehead atoms. The van der Waals surface area contributed by atoms with Gasteiger partial charge in [-0.2, -0.15) is 0 Å². The first-order chi connectivity index (χ1) is 12.0. The van der Waals surface area contributed by atoms with Gasteiger partial charge in [-0.05, 0) is 50.6 Å². The van der Waals surface area contributed by atoms with Crippen molar-refractivity contribution in [3.8, 4) is 0 Å². The van der Waals surface area contributed by atoms with E-state index in [0.29, 0.717) is 24.4 Å². The Balaban J connectivity index is 1.85. The van der Waals surface area contributed by atoms with E-state index in [2.05, 4.69) is 10.1 Å². The van der Waals surface area contributed by atoms with Gasteiger partial charge in [0.05, 0.1) is 31.7 Å². The quantitative estimate of drug-likeness (QED) is 0.788. The second-order valence-corrected chi connectivity index (χ2v) is 5.94. The van der Waals surface area contributed by atoms with E-state index in [1.165, 1.54) is 7.11 Å². The van der Waals surface area contributed by atoms with Crippen LogP contribution in [-0.4, -0.2) is 56.1 Å². The Morgan fingerprint density at radius 3 is 2.60 bits per heavy atom. The van der Waals surface area contributed by atoms with Crippen LogP contribution in [0.4, 0.5) is 5.69 Å². The van der Waals surface area contributed by atoms with E-state index in [-0.39, 0.29) is 24.3 Å². The fourth-order valence-corrected chi connectivity index (χ4v) is 2.86. The van der Waals surface area contributed by atoms with Crippen LogP contribution in [0.5, 0.6) is 0 Å². The van der Waals surface area contributed by atoms with Crippen molar-refractivity contribution in [1.82, 2.24) is 4.90 Å². The molecule has 0 aromatic heterocycles. The fraction of sp³-hybridized carbons (Fsp3) is 0.500. The van der Waals surface area contributed by atoms with Crippen LogP contribution in [0.3, 0.4) is 0 Å². The molecule has 7 nitrogen and oxygen atoms in total. The standard InChI is InChI=1S/C18H24N2O5/c1-3-25-18(23)14-5-4-10-20(11-14)12-16(21)19-15-8-6-13(7-9-15)17(22)24-2/h6-9,14H,3-5,10-12H2,1-2H3,(H,19,21)/t14-/m1/s1. The Morgan fingerprint density at radius 1 is 1.24 bits per heavy atom. The molecule has 2 rings (SSSR count). The van der Waals surface area contributed by atoms with Crippen molar-refractivity contribution in [2.24, 2.45) is 5.92 Å². The van der Waals surface area contributed by atoms with Gasteiger partial charge in [-0.25, -0.2) is 4.79 Å². The van der Waals surface area contributed by atoms with Crippen molar-refractivity contribution >= 4 is 23.5 Å². The molecule has 1 heterocycles. The molecule has 1 aliphatic heterocycles. The molecule has 1 atom stereocenters. The lowest BCUT2D eigenvalue weighted by Gasteiger charge is -2.30. The van der Waals surface area contributed by atoms with Gasteiger partial charge in [0.15, 0.2) is 0 Å². The molecule has 0 aliphatic carbocycles. The van der Waals surface area contributed by atoms with Crippen molar-refractivity contribution in [1.29, 1.82) is 0 Å². The highest BCUT2D eigenvalue weighted by Crippen LogP contribution is 2.18. The minimum atomic E-state index is -0.420. The number of ether oxygens (including phenoxy) is 2. The molecule has 1 fully saturated rings. The van der Waals surface area contributed by atoms with Gasteiger partial charge in [0.25, 0.3) is 0 Å². The topological polar surface area (TPSA) is 84.9 Å². The average Bonchev–Trinajstić information content (AvgIpc) is 2.62. The molecule has 0 unspecified atom stereocenters. The summed E-state index contributed by atoms with van der Waals surface area (Å²) in [5.41, 5.74) is 1.03. The summed E-state index contributed by atoms with van der Waals surface area (Å²) in [4.78, 5) is 37.4. The zero-order valence-electron chi connectivity index (χ0n) is 14.6. The van der Waals surface area contributed by atoms with Crippen molar-refractivity contribution < 1.29 is 23.9 Å². The fourth-order valence-electron chi connectivity index (χ4n) is 2.86. The molecular weight excluding hydrogens is 324 g/mol. The summed E-state index contributed by atoms with van der Waals surface area (Å²) < 4.78 is 9.70. The van der Waals surface area contributed by atoms with Gasteiger partial charge >= 0.3 is 11.9 Å². The van der Waals surface area contributed by atoms with E-state index >= 15 is 0 Å². The Bertz CT molecular complexity index is 614. The molecule has 0 saturated carbocycles. The number of likely N-dealkylation sites (tertiary alicyclic amines) is 1. The summed E-state index contributed by atoms with van der Waals surface area (Å²) in [7, 11) is 1.32. The number of benzene rings is 1. The minimum absolute atomic E-state index is 0.157. The monoisotopic (exact) mass is 348 g/mol. The molecule has 136 valence electrons. The third kappa shape index (κ3) is 5.56. The van der Waals surface area contributed by atoms with E-state index in [0.717, 1.165) is 19.4 Å². The first-order valence-electron chi connectivity index (χ1n) is 8.40. The van der Waals surface area contributed by atoms with Crippen molar-refractivity contribution in [3.05, 3.63) is 29.8 Å². The normalized spacial score (nSPS) is 17.6. The first-order valence-corrected chi connectivity index (χ1v) is 8.40. The van der Waals surface area contributed by atoms with Crippen LogP contribution in [-0.2, 0) is 19.1 Å². The lowest BCUT2D eigenvalue weighted by Crippen LogP contribution is -2.43. The maximum absolute atomic E-state index is 12.2. The number of rotatable bonds is 6. The van der Waals surface area contributed by atoms with E-state index < -0.39 is 5.97 Å². The second kappa shape index (κ2) is 9.17. The minimum Gasteiger partial charge on any atom is -0.466 e. The molecule has 1 aliphatic rings. The largest absolute Gasteiger partial charge is 0.466 e. The number of amides is 1. The van der Waals surface area contributed by atoms with E-state index in [9.17, 15) is 14.4 Å². The smallest absolute Gasteiger partial charge is 0.337 e. The van der Waals surface area contributed by atoms with Gasteiger partial charge in [-0.1, -0.05) is 0 Å². The average molecular weight is 348 g/mol. The lowest BCUT2D eigenvalue weighted by molar-refractivity contribution is -0.150. The Labute approximate surface area is 147 Å². The third-order valence-electron chi connectivity index (χ3n) is 4.08. The number of nitrogens with zero attached hydrogens (tertiary/aromatic N) is 1. The van der Waals surface area contributed by atoms with Gasteiger partial charge < -0.3 is 14.8 Å². The summed E-state index contributed by atoms with van der Waals surface area (Å²) >= 11 is 0. The zero-order valence-corrected chi connectivity index (χ0v) is 14.6. The molecular formula is C18H24N2O5. The zero-order chi connectivity index (χ0) is 18.2. The SMILES string of the molecule is CCOC(=O)[C@@H]1CCCN(CC(=O)Nc2ccc(C(=O)OC)cc2)C1. The van der Waals surface area contributed by atoms with Crippen molar-refractivity contribution in [3.63, 3.8) is 0 Å². The molecule has 1 amide bonds. The molecule has 7 heteroatoms. The van der Waals surface area contributed by atoms with Crippen molar-refractivity contribution in [2.45, 2.75) is 19.8 Å². The lowest BCUT2D eigenvalue weighted by atomic mass is 9.98. The summed E-state index contributed by atoms with van der Waals surface area (Å²) in [5.74, 6) is -0.932. The number of hydrogen-bond donors (Lipinski definition) is 1. The highest BCUT2D eigenvalue weighted by Gasteiger charge is 2.27. The number of nitrogens with one attached hydrogen (secondary N) is 1. The maximum Gasteiger partial charge on any atom is 0.337 e. The Hall–Kier alpha value is -2.41. The Morgan fingerprint density at radius 2 is 1.96 bits per heavy atom. The molecule has 0 radical (unpaired) electrons. The highest BCUT2D eigenvalue weighted by atomic mass is 16.5. The molecule has 0 spiro atoms. The van der Waals surface area contributed by atoms with Gasteiger partial charge in [0.2, 0.25) is 5.91 Å².